The van der Waals surface area contributed by atoms with Crippen LogP contribution in [0.4, 0.5) is 8.78 Å². The number of esters is 1. The molecule has 0 aliphatic carbocycles. The first-order valence-electron chi connectivity index (χ1n) is 10.6. The van der Waals surface area contributed by atoms with Gasteiger partial charge in [0, 0.05) is 24.2 Å². The standard InChI is InChI=1S/C24H24F2N2O5S/c1-3-33-24(30)23(29)28-14-16-6-11-21(27-13-16)22(19-12-17(25)7-10-20(19)26)34(31,32)18-8-4-15(2)5-9-18/h4-5,7-13,16,22H,3,6,14H2,1-2H3,(H,28,29). The molecule has 0 radical (unpaired) electrons. The van der Waals surface area contributed by atoms with Gasteiger partial charge in [-0.15, -0.1) is 0 Å². The number of nitrogens with zero attached hydrogens (tertiary/aromatic N) is 1. The molecule has 2 atom stereocenters. The highest BCUT2D eigenvalue weighted by Crippen LogP contribution is 2.38. The minimum atomic E-state index is -4.19. The topological polar surface area (TPSA) is 102 Å². The number of benzene rings is 2. The molecule has 1 aliphatic rings. The van der Waals surface area contributed by atoms with Crippen LogP contribution in [0.3, 0.4) is 0 Å². The van der Waals surface area contributed by atoms with E-state index in [4.69, 9.17) is 0 Å². The first-order valence-corrected chi connectivity index (χ1v) is 12.1. The molecular formula is C24H24F2N2O5S. The van der Waals surface area contributed by atoms with E-state index in [0.29, 0.717) is 0 Å². The van der Waals surface area contributed by atoms with E-state index in [0.717, 1.165) is 23.8 Å². The molecule has 1 heterocycles. The van der Waals surface area contributed by atoms with Gasteiger partial charge >= 0.3 is 11.9 Å². The van der Waals surface area contributed by atoms with Crippen LogP contribution in [0.5, 0.6) is 0 Å². The Balaban J connectivity index is 1.89. The molecule has 7 nitrogen and oxygen atoms in total. The summed E-state index contributed by atoms with van der Waals surface area (Å²) in [6.45, 7) is 3.51. The maximum atomic E-state index is 14.7. The lowest BCUT2D eigenvalue weighted by Gasteiger charge is -2.23. The van der Waals surface area contributed by atoms with Crippen LogP contribution in [-0.4, -0.2) is 39.7 Å². The lowest BCUT2D eigenvalue weighted by molar-refractivity contribution is -0.154. The van der Waals surface area contributed by atoms with E-state index in [2.05, 4.69) is 15.0 Å². The minimum Gasteiger partial charge on any atom is -0.459 e. The maximum absolute atomic E-state index is 14.7. The predicted octanol–water partition coefficient (Wildman–Crippen LogP) is 3.44. The van der Waals surface area contributed by atoms with Crippen molar-refractivity contribution in [2.45, 2.75) is 30.4 Å². The Morgan fingerprint density at radius 3 is 2.50 bits per heavy atom. The summed E-state index contributed by atoms with van der Waals surface area (Å²) < 4.78 is 60.4. The largest absolute Gasteiger partial charge is 0.459 e. The summed E-state index contributed by atoms with van der Waals surface area (Å²) in [5.41, 5.74) is 0.533. The molecule has 2 unspecified atom stereocenters. The van der Waals surface area contributed by atoms with Gasteiger partial charge in [0.15, 0.2) is 9.84 Å². The summed E-state index contributed by atoms with van der Waals surface area (Å²) >= 11 is 0. The average molecular weight is 491 g/mol. The molecule has 0 bridgehead atoms. The van der Waals surface area contributed by atoms with Crippen molar-refractivity contribution >= 4 is 27.9 Å². The van der Waals surface area contributed by atoms with Gasteiger partial charge in [-0.05, 0) is 50.6 Å². The quantitative estimate of drug-likeness (QED) is 0.473. The minimum absolute atomic E-state index is 0.0399. The number of nitrogens with one attached hydrogen (secondary N) is 1. The molecule has 0 aromatic heterocycles. The first-order chi connectivity index (χ1) is 16.1. The molecule has 2 aromatic rings. The summed E-state index contributed by atoms with van der Waals surface area (Å²) in [6, 6.07) is 8.71. The molecule has 1 amide bonds. The number of hydrogen-bond donors (Lipinski definition) is 1. The molecule has 1 N–H and O–H groups in total. The Labute approximate surface area is 196 Å². The molecule has 0 spiro atoms. The van der Waals surface area contributed by atoms with E-state index in [-0.39, 0.29) is 41.6 Å². The number of aliphatic imine (C=N–C) groups is 1. The monoisotopic (exact) mass is 490 g/mol. The lowest BCUT2D eigenvalue weighted by Crippen LogP contribution is -2.36. The number of sulfone groups is 1. The van der Waals surface area contributed by atoms with Crippen molar-refractivity contribution in [1.29, 1.82) is 0 Å². The Morgan fingerprint density at radius 2 is 1.88 bits per heavy atom. The zero-order valence-electron chi connectivity index (χ0n) is 18.6. The normalized spacial score (nSPS) is 16.5. The van der Waals surface area contributed by atoms with Crippen molar-refractivity contribution in [3.8, 4) is 0 Å². The van der Waals surface area contributed by atoms with E-state index in [1.54, 1.807) is 26.0 Å². The van der Waals surface area contributed by atoms with Gasteiger partial charge in [-0.1, -0.05) is 23.8 Å². The molecule has 2 aromatic carbocycles. The van der Waals surface area contributed by atoms with E-state index in [9.17, 15) is 26.8 Å². The second-order valence-electron chi connectivity index (χ2n) is 7.74. The number of allylic oxidation sites excluding steroid dienone is 1. The highest BCUT2D eigenvalue weighted by Gasteiger charge is 2.36. The summed E-state index contributed by atoms with van der Waals surface area (Å²) in [7, 11) is -4.19. The number of ether oxygens (including phenoxy) is 1. The SMILES string of the molecule is CCOC(=O)C(=O)NCC1C=NC(C(c2cc(F)ccc2F)S(=O)(=O)c2ccc(C)cc2)=CC1. The molecule has 0 saturated carbocycles. The highest BCUT2D eigenvalue weighted by molar-refractivity contribution is 7.92. The van der Waals surface area contributed by atoms with Crippen molar-refractivity contribution in [3.63, 3.8) is 0 Å². The second kappa shape index (κ2) is 10.7. The fourth-order valence-electron chi connectivity index (χ4n) is 3.45. The number of aryl methyl sites for hydroxylation is 1. The summed E-state index contributed by atoms with van der Waals surface area (Å²) in [6.07, 6.45) is 3.20. The zero-order valence-corrected chi connectivity index (χ0v) is 19.4. The maximum Gasteiger partial charge on any atom is 0.396 e. The van der Waals surface area contributed by atoms with Crippen LogP contribution in [0, 0.1) is 24.5 Å². The Bertz CT molecular complexity index is 1240. The van der Waals surface area contributed by atoms with E-state index >= 15 is 0 Å². The van der Waals surface area contributed by atoms with Gasteiger partial charge in [0.2, 0.25) is 0 Å². The molecule has 1 aliphatic heterocycles. The van der Waals surface area contributed by atoms with Gasteiger partial charge in [0.25, 0.3) is 0 Å². The lowest BCUT2D eigenvalue weighted by atomic mass is 10.0. The summed E-state index contributed by atoms with van der Waals surface area (Å²) in [5, 5.41) is 0.857. The molecule has 10 heteroatoms. The van der Waals surface area contributed by atoms with E-state index < -0.39 is 38.6 Å². The smallest absolute Gasteiger partial charge is 0.396 e. The number of hydrogen-bond acceptors (Lipinski definition) is 6. The van der Waals surface area contributed by atoms with Crippen LogP contribution < -0.4 is 5.32 Å². The third-order valence-corrected chi connectivity index (χ3v) is 7.26. The Hall–Kier alpha value is -3.40. The number of rotatable bonds is 7. The van der Waals surface area contributed by atoms with Crippen molar-refractivity contribution < 1.29 is 31.5 Å². The van der Waals surface area contributed by atoms with Gasteiger partial charge in [-0.25, -0.2) is 22.0 Å². The fourth-order valence-corrected chi connectivity index (χ4v) is 5.22. The van der Waals surface area contributed by atoms with Gasteiger partial charge in [-0.3, -0.25) is 9.79 Å². The van der Waals surface area contributed by atoms with Crippen LogP contribution >= 0.6 is 0 Å². The van der Waals surface area contributed by atoms with Gasteiger partial charge in [-0.2, -0.15) is 0 Å². The van der Waals surface area contributed by atoms with Crippen molar-refractivity contribution in [1.82, 2.24) is 5.32 Å². The number of halogens is 2. The number of carbonyl (C=O) groups is 2. The predicted molar refractivity (Wildman–Crippen MR) is 122 cm³/mol. The fraction of sp³-hybridized carbons (Fsp3) is 0.292. The molecule has 0 saturated heterocycles. The molecule has 34 heavy (non-hydrogen) atoms. The Kier molecular flexibility index (Phi) is 7.93. The van der Waals surface area contributed by atoms with Crippen LogP contribution in [0.15, 0.2) is 64.1 Å². The van der Waals surface area contributed by atoms with E-state index in [1.165, 1.54) is 24.4 Å². The Morgan fingerprint density at radius 1 is 1.18 bits per heavy atom. The summed E-state index contributed by atoms with van der Waals surface area (Å²) in [5.74, 6) is -3.88. The van der Waals surface area contributed by atoms with E-state index in [1.807, 2.05) is 0 Å². The van der Waals surface area contributed by atoms with Crippen LogP contribution in [-0.2, 0) is 24.2 Å². The van der Waals surface area contributed by atoms with Gasteiger partial charge in [0.1, 0.15) is 16.9 Å². The first kappa shape index (κ1) is 25.2. The zero-order chi connectivity index (χ0) is 24.9. The third kappa shape index (κ3) is 5.74. The van der Waals surface area contributed by atoms with Gasteiger partial charge < -0.3 is 10.1 Å². The highest BCUT2D eigenvalue weighted by atomic mass is 32.2. The molecule has 3 rings (SSSR count). The molecule has 180 valence electrons. The van der Waals surface area contributed by atoms with Crippen LogP contribution in [0.25, 0.3) is 0 Å². The number of amides is 1. The second-order valence-corrected chi connectivity index (χ2v) is 9.77. The molecule has 0 fully saturated rings. The van der Waals surface area contributed by atoms with Crippen molar-refractivity contribution in [2.24, 2.45) is 10.9 Å². The van der Waals surface area contributed by atoms with Crippen molar-refractivity contribution in [3.05, 3.63) is 77.0 Å². The van der Waals surface area contributed by atoms with Crippen LogP contribution in [0.1, 0.15) is 29.7 Å². The van der Waals surface area contributed by atoms with Gasteiger partial charge in [0.05, 0.1) is 17.2 Å². The van der Waals surface area contributed by atoms with Crippen molar-refractivity contribution in [2.75, 3.05) is 13.2 Å². The average Bonchev–Trinajstić information content (AvgIpc) is 2.81. The third-order valence-electron chi connectivity index (χ3n) is 5.22. The summed E-state index contributed by atoms with van der Waals surface area (Å²) in [4.78, 5) is 27.3. The number of carbonyl (C=O) groups excluding carboxylic acids is 2. The van der Waals surface area contributed by atoms with Crippen LogP contribution in [0.2, 0.25) is 0 Å². The molecular weight excluding hydrogens is 466 g/mol.